The van der Waals surface area contributed by atoms with Gasteiger partial charge in [0.15, 0.2) is 11.5 Å². The number of thiocarbonyl (C=S) groups is 1. The summed E-state index contributed by atoms with van der Waals surface area (Å²) in [6.45, 7) is 1.79. The number of rotatable bonds is 8. The summed E-state index contributed by atoms with van der Waals surface area (Å²) < 4.78 is 13.1. The van der Waals surface area contributed by atoms with Crippen molar-refractivity contribution in [2.75, 3.05) is 20.8 Å². The Balaban J connectivity index is 1.64. The van der Waals surface area contributed by atoms with Crippen molar-refractivity contribution in [2.45, 2.75) is 31.2 Å². The van der Waals surface area contributed by atoms with Crippen molar-refractivity contribution in [3.63, 3.8) is 0 Å². The maximum Gasteiger partial charge on any atom is 0.164 e. The number of hydrogen-bond acceptors (Lipinski definition) is 4. The quantitative estimate of drug-likeness (QED) is 0.589. The average Bonchev–Trinajstić information content (AvgIpc) is 3.26. The molecule has 0 spiro atoms. The molecule has 0 aliphatic heterocycles. The minimum atomic E-state index is -0.107. The monoisotopic (exact) mass is 345 g/mol. The van der Waals surface area contributed by atoms with Gasteiger partial charge >= 0.3 is 0 Å². The smallest absolute Gasteiger partial charge is 0.164 e. The zero-order chi connectivity index (χ0) is 17.0. The fourth-order valence-corrected chi connectivity index (χ4v) is 3.48. The number of para-hydroxylation sites is 1. The summed E-state index contributed by atoms with van der Waals surface area (Å²) in [5.41, 5.74) is 1.01. The summed E-state index contributed by atoms with van der Waals surface area (Å²) >= 11 is 5.71. The van der Waals surface area contributed by atoms with Crippen LogP contribution in [0, 0.1) is 0 Å². The Morgan fingerprint density at radius 3 is 2.79 bits per heavy atom. The van der Waals surface area contributed by atoms with E-state index >= 15 is 0 Å². The lowest BCUT2D eigenvalue weighted by molar-refractivity contribution is 0.350. The van der Waals surface area contributed by atoms with Gasteiger partial charge in [0.05, 0.1) is 25.5 Å². The molecule has 1 N–H and O–H groups in total. The number of nitrogens with zero attached hydrogens (tertiary/aromatic N) is 2. The molecule has 3 rings (SSSR count). The van der Waals surface area contributed by atoms with E-state index in [9.17, 15) is 0 Å². The lowest BCUT2D eigenvalue weighted by atomic mass is 9.94. The molecule has 24 heavy (non-hydrogen) atoms. The van der Waals surface area contributed by atoms with Crippen molar-refractivity contribution < 1.29 is 9.47 Å². The molecule has 128 valence electrons. The van der Waals surface area contributed by atoms with Crippen LogP contribution in [0.2, 0.25) is 0 Å². The number of ether oxygens (including phenoxy) is 2. The summed E-state index contributed by atoms with van der Waals surface area (Å²) in [6.07, 6.45) is 8.70. The number of aryl methyl sites for hydroxylation is 1. The molecule has 0 atom stereocenters. The lowest BCUT2D eigenvalue weighted by Gasteiger charge is -2.22. The Bertz CT molecular complexity index is 696. The average molecular weight is 345 g/mol. The molecular weight excluding hydrogens is 322 g/mol. The minimum Gasteiger partial charge on any atom is -0.493 e. The number of imidazole rings is 1. The Morgan fingerprint density at radius 2 is 2.17 bits per heavy atom. The van der Waals surface area contributed by atoms with Gasteiger partial charge < -0.3 is 19.4 Å². The summed E-state index contributed by atoms with van der Waals surface area (Å²) in [4.78, 5) is 4.95. The highest BCUT2D eigenvalue weighted by atomic mass is 32.1. The second kappa shape index (κ2) is 7.21. The van der Waals surface area contributed by atoms with Gasteiger partial charge in [-0.15, -0.1) is 0 Å². The highest BCUT2D eigenvalue weighted by Crippen LogP contribution is 2.53. The van der Waals surface area contributed by atoms with Crippen LogP contribution < -0.4 is 14.8 Å². The molecule has 0 bridgehead atoms. The molecule has 1 saturated carbocycles. The van der Waals surface area contributed by atoms with Crippen molar-refractivity contribution >= 4 is 17.2 Å². The fraction of sp³-hybridized carbons (Fsp3) is 0.444. The molecule has 2 aromatic rings. The molecule has 1 aliphatic rings. The second-order valence-electron chi connectivity index (χ2n) is 6.03. The van der Waals surface area contributed by atoms with E-state index in [-0.39, 0.29) is 5.41 Å². The predicted octanol–water partition coefficient (Wildman–Crippen LogP) is 2.94. The molecular formula is C18H23N3O2S. The highest BCUT2D eigenvalue weighted by Gasteiger charge is 2.50. The van der Waals surface area contributed by atoms with E-state index in [1.165, 1.54) is 0 Å². The number of methoxy groups -OCH3 is 2. The predicted molar refractivity (Wildman–Crippen MR) is 97.9 cm³/mol. The fourth-order valence-electron chi connectivity index (χ4n) is 3.06. The van der Waals surface area contributed by atoms with Gasteiger partial charge in [0.25, 0.3) is 0 Å². The van der Waals surface area contributed by atoms with Gasteiger partial charge in [-0.1, -0.05) is 24.4 Å². The molecule has 0 saturated heterocycles. The second-order valence-corrected chi connectivity index (χ2v) is 6.44. The van der Waals surface area contributed by atoms with Crippen molar-refractivity contribution in [3.8, 4) is 11.5 Å². The van der Waals surface area contributed by atoms with E-state index in [0.717, 1.165) is 54.4 Å². The van der Waals surface area contributed by atoms with E-state index < -0.39 is 0 Å². The molecule has 5 nitrogen and oxygen atoms in total. The van der Waals surface area contributed by atoms with E-state index in [1.54, 1.807) is 20.4 Å². The van der Waals surface area contributed by atoms with Gasteiger partial charge in [-0.25, -0.2) is 4.98 Å². The van der Waals surface area contributed by atoms with Crippen LogP contribution >= 0.6 is 12.2 Å². The van der Waals surface area contributed by atoms with E-state index in [2.05, 4.69) is 20.9 Å². The van der Waals surface area contributed by atoms with Crippen LogP contribution in [0.1, 0.15) is 24.8 Å². The number of hydrogen-bond donors (Lipinski definition) is 1. The molecule has 1 fully saturated rings. The van der Waals surface area contributed by atoms with Gasteiger partial charge in [-0.3, -0.25) is 0 Å². The summed E-state index contributed by atoms with van der Waals surface area (Å²) in [7, 11) is 3.34. The Morgan fingerprint density at radius 1 is 1.33 bits per heavy atom. The first-order valence-electron chi connectivity index (χ1n) is 8.17. The molecule has 1 heterocycles. The van der Waals surface area contributed by atoms with Crippen LogP contribution in [0.15, 0.2) is 36.9 Å². The van der Waals surface area contributed by atoms with E-state index in [0.29, 0.717) is 0 Å². The summed E-state index contributed by atoms with van der Waals surface area (Å²) in [5, 5.41) is 3.44. The van der Waals surface area contributed by atoms with Crippen LogP contribution in [0.4, 0.5) is 0 Å². The lowest BCUT2D eigenvalue weighted by Crippen LogP contribution is -2.34. The molecule has 1 aliphatic carbocycles. The molecule has 0 unspecified atom stereocenters. The Kier molecular flexibility index (Phi) is 5.04. The van der Waals surface area contributed by atoms with Crippen molar-refractivity contribution in [2.24, 2.45) is 0 Å². The van der Waals surface area contributed by atoms with Gasteiger partial charge in [0, 0.05) is 36.5 Å². The Labute approximate surface area is 148 Å². The summed E-state index contributed by atoms with van der Waals surface area (Å²) in [5.74, 6) is 1.55. The highest BCUT2D eigenvalue weighted by molar-refractivity contribution is 7.80. The SMILES string of the molecule is COc1cccc(C2(C(=S)NCCCn3ccnc3)CC2)c1OC. The number of nitrogens with one attached hydrogen (secondary N) is 1. The van der Waals surface area contributed by atoms with Crippen LogP contribution in [0.25, 0.3) is 0 Å². The topological polar surface area (TPSA) is 48.3 Å². The molecule has 1 aromatic carbocycles. The first-order chi connectivity index (χ1) is 11.7. The largest absolute Gasteiger partial charge is 0.493 e. The zero-order valence-corrected chi connectivity index (χ0v) is 14.9. The summed E-state index contributed by atoms with van der Waals surface area (Å²) in [6, 6.07) is 6.01. The third kappa shape index (κ3) is 3.24. The van der Waals surface area contributed by atoms with Crippen LogP contribution in [-0.4, -0.2) is 35.3 Å². The maximum atomic E-state index is 5.71. The van der Waals surface area contributed by atoms with Crippen molar-refractivity contribution in [1.82, 2.24) is 14.9 Å². The normalized spacial score (nSPS) is 14.9. The van der Waals surface area contributed by atoms with Crippen LogP contribution in [0.5, 0.6) is 11.5 Å². The van der Waals surface area contributed by atoms with Gasteiger partial charge in [0.2, 0.25) is 0 Å². The van der Waals surface area contributed by atoms with Crippen LogP contribution in [-0.2, 0) is 12.0 Å². The third-order valence-corrected chi connectivity index (χ3v) is 5.08. The zero-order valence-electron chi connectivity index (χ0n) is 14.1. The number of benzene rings is 1. The Hall–Kier alpha value is -2.08. The van der Waals surface area contributed by atoms with E-state index in [1.807, 2.05) is 24.7 Å². The number of aromatic nitrogens is 2. The van der Waals surface area contributed by atoms with Crippen molar-refractivity contribution in [1.29, 1.82) is 0 Å². The minimum absolute atomic E-state index is 0.107. The molecule has 0 radical (unpaired) electrons. The van der Waals surface area contributed by atoms with Gasteiger partial charge in [-0.05, 0) is 25.3 Å². The standard InChI is InChI=1S/C18H23N3O2S/c1-22-15-6-3-5-14(16(15)23-2)18(7-8-18)17(24)20-9-4-11-21-12-10-19-13-21/h3,5-6,10,12-13H,4,7-9,11H2,1-2H3,(H,20,24). The molecule has 0 amide bonds. The van der Waals surface area contributed by atoms with E-state index in [4.69, 9.17) is 21.7 Å². The van der Waals surface area contributed by atoms with Gasteiger partial charge in [0.1, 0.15) is 0 Å². The van der Waals surface area contributed by atoms with Crippen LogP contribution in [0.3, 0.4) is 0 Å². The molecule has 1 aromatic heterocycles. The third-order valence-electron chi connectivity index (χ3n) is 4.54. The van der Waals surface area contributed by atoms with Crippen molar-refractivity contribution in [3.05, 3.63) is 42.5 Å². The first-order valence-corrected chi connectivity index (χ1v) is 8.57. The maximum absolute atomic E-state index is 5.71. The first kappa shape index (κ1) is 16.8. The molecule has 6 heteroatoms. The van der Waals surface area contributed by atoms with Gasteiger partial charge in [-0.2, -0.15) is 0 Å².